The van der Waals surface area contributed by atoms with Crippen molar-refractivity contribution in [2.45, 2.75) is 75.3 Å². The number of amides is 4. The molecule has 4 amide bonds. The van der Waals surface area contributed by atoms with Gasteiger partial charge in [0.2, 0.25) is 0 Å². The number of anilines is 2. The van der Waals surface area contributed by atoms with Crippen LogP contribution >= 0.6 is 0 Å². The summed E-state index contributed by atoms with van der Waals surface area (Å²) in [6.45, 7) is 0. The number of carbonyl (C=O) groups excluding carboxylic acids is 3. The van der Waals surface area contributed by atoms with Crippen molar-refractivity contribution in [3.8, 4) is 0 Å². The predicted octanol–water partition coefficient (Wildman–Crippen LogP) is 8.59. The third kappa shape index (κ3) is 9.04. The van der Waals surface area contributed by atoms with Gasteiger partial charge in [-0.1, -0.05) is 0 Å². The number of ether oxygens (including phenoxy) is 1. The number of hydrogen-bond donors (Lipinski definition) is 4. The Morgan fingerprint density at radius 3 is 1.20 bits per heavy atom. The highest BCUT2D eigenvalue weighted by Crippen LogP contribution is 2.51. The Morgan fingerprint density at radius 2 is 0.920 bits per heavy atom. The molecule has 20 heteroatoms. The molecule has 4 N–H and O–H groups in total. The number of halogens is 12. The number of urea groups is 2. The molecule has 0 bridgehead atoms. The molecule has 0 radical (unpaired) electrons. The lowest BCUT2D eigenvalue weighted by Gasteiger charge is -2.49. The molecule has 2 aliphatic rings. The van der Waals surface area contributed by atoms with E-state index >= 15 is 0 Å². The van der Waals surface area contributed by atoms with Crippen LogP contribution in [0.1, 0.15) is 60.8 Å². The minimum Gasteiger partial charge on any atom is -0.469 e. The Balaban J connectivity index is 1.46. The summed E-state index contributed by atoms with van der Waals surface area (Å²) in [5.74, 6) is -1.25. The minimum atomic E-state index is -5.16. The fraction of sp³-hybridized carbons (Fsp3) is 0.500. The van der Waals surface area contributed by atoms with E-state index < -0.39 is 99.8 Å². The van der Waals surface area contributed by atoms with E-state index in [4.69, 9.17) is 4.74 Å². The van der Waals surface area contributed by atoms with Crippen LogP contribution in [0.4, 0.5) is 73.6 Å². The lowest BCUT2D eigenvalue weighted by molar-refractivity contribution is -0.163. The van der Waals surface area contributed by atoms with E-state index in [1.165, 1.54) is 0 Å². The van der Waals surface area contributed by atoms with E-state index in [0.29, 0.717) is 24.3 Å². The van der Waals surface area contributed by atoms with Gasteiger partial charge >= 0.3 is 42.7 Å². The molecule has 4 rings (SSSR count). The highest BCUT2D eigenvalue weighted by atomic mass is 19.4. The van der Waals surface area contributed by atoms with Crippen LogP contribution in [-0.2, 0) is 34.2 Å². The summed E-state index contributed by atoms with van der Waals surface area (Å²) in [5.41, 5.74) is -9.29. The van der Waals surface area contributed by atoms with Crippen LogP contribution in [-0.4, -0.2) is 37.2 Å². The maximum absolute atomic E-state index is 13.2. The van der Waals surface area contributed by atoms with Gasteiger partial charge in [0.15, 0.2) is 0 Å². The number of esters is 1. The van der Waals surface area contributed by atoms with Crippen molar-refractivity contribution in [2.75, 3.05) is 17.7 Å². The van der Waals surface area contributed by atoms with Crippen molar-refractivity contribution in [1.29, 1.82) is 0 Å². The molecule has 0 aliphatic heterocycles. The highest BCUT2D eigenvalue weighted by molar-refractivity contribution is 5.90. The standard InChI is InChI=1S/C30H28F12N4O4/c1-50-23(47)26-4-2-19(43-24(48)45-21-10-15(27(31,32)33)6-16(11-21)28(34,35)36)8-14(26)9-20(3-5-26)44-25(49)46-22-12-17(29(37,38)39)7-18(13-22)30(40,41)42/h6-7,10-14,19-20H,2-5,8-9H2,1H3,(H2,43,45,48)(H2,44,46,49)/t14?,19-,20+,26?. The largest absolute Gasteiger partial charge is 0.469 e. The van der Waals surface area contributed by atoms with Gasteiger partial charge in [0.1, 0.15) is 0 Å². The Hall–Kier alpha value is -4.39. The quantitative estimate of drug-likeness (QED) is 0.182. The van der Waals surface area contributed by atoms with Crippen LogP contribution in [0.25, 0.3) is 0 Å². The number of nitrogens with one attached hydrogen (secondary N) is 4. The molecule has 2 aromatic rings. The Labute approximate surface area is 275 Å². The SMILES string of the molecule is COC(=O)C12CC[C@@H](NC(=O)Nc3cc(C(F)(F)F)cc(C(F)(F)F)c3)CC1C[C@@H](NC(=O)Nc1cc(C(F)(F)F)cc(C(F)(F)F)c1)CC2. The van der Waals surface area contributed by atoms with Gasteiger partial charge in [-0.15, -0.1) is 0 Å². The first-order valence-corrected chi connectivity index (χ1v) is 14.7. The highest BCUT2D eigenvalue weighted by Gasteiger charge is 2.53. The topological polar surface area (TPSA) is 109 Å². The van der Waals surface area contributed by atoms with Crippen LogP contribution in [0.5, 0.6) is 0 Å². The normalized spacial score (nSPS) is 22.9. The van der Waals surface area contributed by atoms with Gasteiger partial charge in [0, 0.05) is 23.5 Å². The lowest BCUT2D eigenvalue weighted by Crippen LogP contribution is -2.55. The van der Waals surface area contributed by atoms with E-state index in [9.17, 15) is 67.1 Å². The van der Waals surface area contributed by atoms with E-state index in [-0.39, 0.29) is 50.7 Å². The lowest BCUT2D eigenvalue weighted by atomic mass is 9.57. The fourth-order valence-electron chi connectivity index (χ4n) is 6.46. The van der Waals surface area contributed by atoms with Crippen LogP contribution in [0.15, 0.2) is 36.4 Å². The van der Waals surface area contributed by atoms with Crippen LogP contribution in [0.3, 0.4) is 0 Å². The number of carbonyl (C=O) groups is 3. The zero-order valence-corrected chi connectivity index (χ0v) is 25.6. The average Bonchev–Trinajstić information content (AvgIpc) is 2.98. The molecular weight excluding hydrogens is 708 g/mol. The molecule has 2 fully saturated rings. The third-order valence-corrected chi connectivity index (χ3v) is 8.75. The molecule has 0 saturated heterocycles. The van der Waals surface area contributed by atoms with Crippen LogP contribution < -0.4 is 21.3 Å². The molecule has 2 aliphatic carbocycles. The molecule has 0 spiro atoms. The monoisotopic (exact) mass is 736 g/mol. The Bertz CT molecular complexity index is 1430. The van der Waals surface area contributed by atoms with Gasteiger partial charge in [-0.2, -0.15) is 52.7 Å². The predicted molar refractivity (Wildman–Crippen MR) is 150 cm³/mol. The zero-order valence-electron chi connectivity index (χ0n) is 25.6. The van der Waals surface area contributed by atoms with Gasteiger partial charge in [-0.05, 0) is 80.8 Å². The van der Waals surface area contributed by atoms with Crippen molar-refractivity contribution in [2.24, 2.45) is 11.3 Å². The first kappa shape index (κ1) is 38.4. The first-order chi connectivity index (χ1) is 22.9. The van der Waals surface area contributed by atoms with Gasteiger partial charge in [-0.25, -0.2) is 9.59 Å². The van der Waals surface area contributed by atoms with E-state index in [1.807, 2.05) is 10.6 Å². The molecule has 4 atom stereocenters. The summed E-state index contributed by atoms with van der Waals surface area (Å²) < 4.78 is 164. The van der Waals surface area contributed by atoms with Crippen LogP contribution in [0.2, 0.25) is 0 Å². The molecule has 2 unspecified atom stereocenters. The molecule has 276 valence electrons. The second kappa shape index (κ2) is 13.7. The summed E-state index contributed by atoms with van der Waals surface area (Å²) in [7, 11) is 1.14. The maximum Gasteiger partial charge on any atom is 0.416 e. The molecule has 0 aromatic heterocycles. The number of benzene rings is 2. The van der Waals surface area contributed by atoms with Gasteiger partial charge in [0.25, 0.3) is 0 Å². The number of rotatable bonds is 5. The summed E-state index contributed by atoms with van der Waals surface area (Å²) in [6.07, 6.45) is -20.0. The molecule has 2 aromatic carbocycles. The van der Waals surface area contributed by atoms with E-state index in [2.05, 4.69) is 10.6 Å². The number of fused-ring (bicyclic) bond motifs is 1. The Kier molecular flexibility index (Phi) is 10.5. The second-order valence-corrected chi connectivity index (χ2v) is 12.1. The summed E-state index contributed by atoms with van der Waals surface area (Å²) >= 11 is 0. The van der Waals surface area contributed by atoms with E-state index in [0.717, 1.165) is 7.11 Å². The van der Waals surface area contributed by atoms with Gasteiger partial charge in [-0.3, -0.25) is 4.79 Å². The molecule has 0 heterocycles. The fourth-order valence-corrected chi connectivity index (χ4v) is 6.46. The molecular formula is C30H28F12N4O4. The average molecular weight is 737 g/mol. The van der Waals surface area contributed by atoms with Crippen molar-refractivity contribution in [3.05, 3.63) is 58.7 Å². The molecule has 2 saturated carbocycles. The second-order valence-electron chi connectivity index (χ2n) is 12.1. The van der Waals surface area contributed by atoms with Gasteiger partial charge < -0.3 is 26.0 Å². The van der Waals surface area contributed by atoms with Gasteiger partial charge in [0.05, 0.1) is 34.8 Å². The van der Waals surface area contributed by atoms with Crippen molar-refractivity contribution >= 4 is 29.4 Å². The first-order valence-electron chi connectivity index (χ1n) is 14.7. The van der Waals surface area contributed by atoms with Crippen LogP contribution in [0, 0.1) is 11.3 Å². The molecule has 8 nitrogen and oxygen atoms in total. The molecule has 50 heavy (non-hydrogen) atoms. The van der Waals surface area contributed by atoms with Crippen molar-refractivity contribution in [3.63, 3.8) is 0 Å². The smallest absolute Gasteiger partial charge is 0.416 e. The minimum absolute atomic E-state index is 0.0290. The number of hydrogen-bond acceptors (Lipinski definition) is 4. The Morgan fingerprint density at radius 1 is 0.600 bits per heavy atom. The maximum atomic E-state index is 13.2. The zero-order chi connectivity index (χ0) is 37.4. The van der Waals surface area contributed by atoms with Crippen molar-refractivity contribution < 1.29 is 71.8 Å². The summed E-state index contributed by atoms with van der Waals surface area (Å²) in [6, 6.07) is -2.73. The summed E-state index contributed by atoms with van der Waals surface area (Å²) in [5, 5.41) is 8.86. The summed E-state index contributed by atoms with van der Waals surface area (Å²) in [4.78, 5) is 38.3. The van der Waals surface area contributed by atoms with Crippen molar-refractivity contribution in [1.82, 2.24) is 10.6 Å². The van der Waals surface area contributed by atoms with E-state index in [1.54, 1.807) is 0 Å². The number of alkyl halides is 12. The third-order valence-electron chi connectivity index (χ3n) is 8.75. The number of methoxy groups -OCH3 is 1.